The van der Waals surface area contributed by atoms with Crippen molar-refractivity contribution in [2.75, 3.05) is 22.4 Å². The van der Waals surface area contributed by atoms with Gasteiger partial charge < -0.3 is 5.32 Å². The van der Waals surface area contributed by atoms with Crippen molar-refractivity contribution in [3.05, 3.63) is 65.0 Å². The Morgan fingerprint density at radius 3 is 2.43 bits per heavy atom. The lowest BCUT2D eigenvalue weighted by Crippen LogP contribution is -2.37. The molecule has 8 heteroatoms. The van der Waals surface area contributed by atoms with E-state index in [1.165, 1.54) is 11.3 Å². The number of benzene rings is 2. The van der Waals surface area contributed by atoms with Gasteiger partial charge in [-0.3, -0.25) is 9.10 Å². The Bertz CT molecular complexity index is 1090. The molecule has 0 bridgehead atoms. The average Bonchev–Trinajstić information content (AvgIpc) is 3.08. The molecule has 0 aliphatic carbocycles. The number of aromatic nitrogens is 1. The van der Waals surface area contributed by atoms with Crippen LogP contribution in [-0.4, -0.2) is 32.1 Å². The third kappa shape index (κ3) is 4.76. The Labute approximate surface area is 168 Å². The largest absolute Gasteiger partial charge is 0.300 e. The first-order valence-electron chi connectivity index (χ1n) is 8.60. The van der Waals surface area contributed by atoms with E-state index in [9.17, 15) is 13.2 Å². The number of aryl methyl sites for hydroxylation is 2. The van der Waals surface area contributed by atoms with Crippen molar-refractivity contribution in [1.29, 1.82) is 0 Å². The minimum absolute atomic E-state index is 0.316. The van der Waals surface area contributed by atoms with E-state index in [1.807, 2.05) is 42.6 Å². The number of hydrogen-bond donors (Lipinski definition) is 1. The average molecular weight is 416 g/mol. The van der Waals surface area contributed by atoms with E-state index in [4.69, 9.17) is 0 Å². The molecule has 0 fully saturated rings. The third-order valence-electron chi connectivity index (χ3n) is 4.17. The molecule has 0 radical (unpaired) electrons. The van der Waals surface area contributed by atoms with Crippen molar-refractivity contribution >= 4 is 38.1 Å². The quantitative estimate of drug-likeness (QED) is 0.664. The summed E-state index contributed by atoms with van der Waals surface area (Å²) in [7, 11) is -3.61. The van der Waals surface area contributed by atoms with E-state index >= 15 is 0 Å². The summed E-state index contributed by atoms with van der Waals surface area (Å²) in [6, 6.07) is 15.0. The minimum atomic E-state index is -3.61. The van der Waals surface area contributed by atoms with Gasteiger partial charge in [0.25, 0.3) is 0 Å². The molecule has 146 valence electrons. The maximum atomic E-state index is 12.5. The topological polar surface area (TPSA) is 79.4 Å². The zero-order chi connectivity index (χ0) is 20.3. The van der Waals surface area contributed by atoms with Crippen LogP contribution in [-0.2, 0) is 14.8 Å². The Hall–Kier alpha value is -2.71. The molecule has 2 aromatic carbocycles. The molecule has 1 N–H and O–H groups in total. The predicted molar refractivity (Wildman–Crippen MR) is 114 cm³/mol. The molecule has 3 rings (SSSR count). The standard InChI is InChI=1S/C20H21N3O3S2/c1-14-8-10-16(11-9-14)17-13-27-20(21-17)22-19(24)12-23(28(3,25)26)18-7-5-4-6-15(18)2/h4-11,13H,12H2,1-3H3,(H,21,22,24). The molecule has 1 aromatic heterocycles. The number of carbonyl (C=O) groups excluding carboxylic acids is 1. The molecule has 0 spiro atoms. The lowest BCUT2D eigenvalue weighted by Gasteiger charge is -2.23. The molecule has 0 aliphatic rings. The number of nitrogens with zero attached hydrogens (tertiary/aromatic N) is 2. The van der Waals surface area contributed by atoms with Crippen molar-refractivity contribution in [2.24, 2.45) is 0 Å². The number of hydrogen-bond acceptors (Lipinski definition) is 5. The van der Waals surface area contributed by atoms with E-state index in [-0.39, 0.29) is 6.54 Å². The minimum Gasteiger partial charge on any atom is -0.300 e. The van der Waals surface area contributed by atoms with Crippen LogP contribution in [0.3, 0.4) is 0 Å². The number of para-hydroxylation sites is 1. The molecule has 0 unspecified atom stereocenters. The Balaban J connectivity index is 1.75. The summed E-state index contributed by atoms with van der Waals surface area (Å²) < 4.78 is 25.5. The van der Waals surface area contributed by atoms with E-state index in [0.29, 0.717) is 10.8 Å². The fourth-order valence-electron chi connectivity index (χ4n) is 2.70. The molecular formula is C20H21N3O3S2. The van der Waals surface area contributed by atoms with Crippen LogP contribution in [0.15, 0.2) is 53.9 Å². The summed E-state index contributed by atoms with van der Waals surface area (Å²) in [5.41, 5.74) is 4.14. The molecule has 1 amide bonds. The summed E-state index contributed by atoms with van der Waals surface area (Å²) in [6.45, 7) is 3.50. The van der Waals surface area contributed by atoms with Crippen LogP contribution < -0.4 is 9.62 Å². The molecule has 0 saturated carbocycles. The van der Waals surface area contributed by atoms with Gasteiger partial charge in [-0.15, -0.1) is 11.3 Å². The number of nitrogens with one attached hydrogen (secondary N) is 1. The van der Waals surface area contributed by atoms with Crippen LogP contribution >= 0.6 is 11.3 Å². The van der Waals surface area contributed by atoms with Crippen LogP contribution in [0.2, 0.25) is 0 Å². The van der Waals surface area contributed by atoms with Crippen molar-refractivity contribution < 1.29 is 13.2 Å². The smallest absolute Gasteiger partial charge is 0.246 e. The van der Waals surface area contributed by atoms with Crippen molar-refractivity contribution in [3.63, 3.8) is 0 Å². The lowest BCUT2D eigenvalue weighted by atomic mass is 10.1. The van der Waals surface area contributed by atoms with Crippen LogP contribution in [0, 0.1) is 13.8 Å². The second-order valence-corrected chi connectivity index (χ2v) is 9.27. The monoisotopic (exact) mass is 415 g/mol. The van der Waals surface area contributed by atoms with E-state index in [1.54, 1.807) is 25.1 Å². The van der Waals surface area contributed by atoms with Gasteiger partial charge in [-0.1, -0.05) is 48.0 Å². The van der Waals surface area contributed by atoms with Gasteiger partial charge in [-0.25, -0.2) is 13.4 Å². The highest BCUT2D eigenvalue weighted by Gasteiger charge is 2.22. The van der Waals surface area contributed by atoms with Crippen molar-refractivity contribution in [3.8, 4) is 11.3 Å². The van der Waals surface area contributed by atoms with Crippen LogP contribution in [0.25, 0.3) is 11.3 Å². The maximum absolute atomic E-state index is 12.5. The molecule has 1 heterocycles. The third-order valence-corrected chi connectivity index (χ3v) is 6.05. The van der Waals surface area contributed by atoms with Crippen LogP contribution in [0.1, 0.15) is 11.1 Å². The van der Waals surface area contributed by atoms with Crippen LogP contribution in [0.4, 0.5) is 10.8 Å². The van der Waals surface area contributed by atoms with Crippen molar-refractivity contribution in [1.82, 2.24) is 4.98 Å². The summed E-state index contributed by atoms with van der Waals surface area (Å²) >= 11 is 1.30. The van der Waals surface area contributed by atoms with E-state index in [0.717, 1.165) is 32.9 Å². The fourth-order valence-corrected chi connectivity index (χ4v) is 4.35. The summed E-state index contributed by atoms with van der Waals surface area (Å²) in [4.78, 5) is 16.9. The van der Waals surface area contributed by atoms with E-state index in [2.05, 4.69) is 10.3 Å². The molecular weight excluding hydrogens is 394 g/mol. The summed E-state index contributed by atoms with van der Waals surface area (Å²) in [6.07, 6.45) is 1.09. The number of amides is 1. The summed E-state index contributed by atoms with van der Waals surface area (Å²) in [5, 5.41) is 4.98. The first kappa shape index (κ1) is 20.0. The predicted octanol–water partition coefficient (Wildman–Crippen LogP) is 3.83. The molecule has 0 atom stereocenters. The van der Waals surface area contributed by atoms with Gasteiger partial charge in [-0.2, -0.15) is 0 Å². The van der Waals surface area contributed by atoms with Gasteiger partial charge in [0.2, 0.25) is 15.9 Å². The van der Waals surface area contributed by atoms with Crippen LogP contribution in [0.5, 0.6) is 0 Å². The Morgan fingerprint density at radius 1 is 1.11 bits per heavy atom. The first-order chi connectivity index (χ1) is 13.2. The van der Waals surface area contributed by atoms with Gasteiger partial charge in [0.15, 0.2) is 5.13 Å². The fraction of sp³-hybridized carbons (Fsp3) is 0.200. The van der Waals surface area contributed by atoms with Gasteiger partial charge in [0, 0.05) is 10.9 Å². The number of carbonyl (C=O) groups is 1. The molecule has 6 nitrogen and oxygen atoms in total. The number of rotatable bonds is 6. The Morgan fingerprint density at radius 2 is 1.79 bits per heavy atom. The molecule has 28 heavy (non-hydrogen) atoms. The number of sulfonamides is 1. The second-order valence-electron chi connectivity index (χ2n) is 6.51. The first-order valence-corrected chi connectivity index (χ1v) is 11.3. The van der Waals surface area contributed by atoms with Gasteiger partial charge in [0.1, 0.15) is 6.54 Å². The summed E-state index contributed by atoms with van der Waals surface area (Å²) in [5.74, 6) is -0.446. The normalized spacial score (nSPS) is 11.2. The van der Waals surface area contributed by atoms with Gasteiger partial charge in [-0.05, 0) is 25.5 Å². The van der Waals surface area contributed by atoms with E-state index < -0.39 is 15.9 Å². The number of anilines is 2. The Kier molecular flexibility index (Phi) is 5.81. The molecule has 0 saturated heterocycles. The molecule has 3 aromatic rings. The highest BCUT2D eigenvalue weighted by atomic mass is 32.2. The second kappa shape index (κ2) is 8.12. The zero-order valence-corrected chi connectivity index (χ0v) is 17.5. The SMILES string of the molecule is Cc1ccc(-c2csc(NC(=O)CN(c3ccccc3C)S(C)(=O)=O)n2)cc1. The molecule has 0 aliphatic heterocycles. The van der Waals surface area contributed by atoms with Crippen molar-refractivity contribution in [2.45, 2.75) is 13.8 Å². The zero-order valence-electron chi connectivity index (χ0n) is 15.8. The highest BCUT2D eigenvalue weighted by molar-refractivity contribution is 7.92. The highest BCUT2D eigenvalue weighted by Crippen LogP contribution is 2.26. The number of thiazole rings is 1. The van der Waals surface area contributed by atoms with Gasteiger partial charge >= 0.3 is 0 Å². The lowest BCUT2D eigenvalue weighted by molar-refractivity contribution is -0.114. The maximum Gasteiger partial charge on any atom is 0.246 e. The van der Waals surface area contributed by atoms with Gasteiger partial charge in [0.05, 0.1) is 17.6 Å².